The Hall–Kier alpha value is -1.21. The minimum atomic E-state index is -0.0430. The van der Waals surface area contributed by atoms with Crippen molar-refractivity contribution >= 4 is 33.1 Å². The first kappa shape index (κ1) is 13.2. The number of aromatic nitrogens is 3. The highest BCUT2D eigenvalue weighted by atomic mass is 79.9. The summed E-state index contributed by atoms with van der Waals surface area (Å²) in [5.74, 6) is 1.79. The number of hydrogen-bond acceptors (Lipinski definition) is 5. The number of anilines is 1. The van der Waals surface area contributed by atoms with Gasteiger partial charge in [-0.25, -0.2) is 9.97 Å². The molecule has 0 atom stereocenters. The van der Waals surface area contributed by atoms with Crippen molar-refractivity contribution < 1.29 is 0 Å². The predicted octanol–water partition coefficient (Wildman–Crippen LogP) is 2.72. The van der Waals surface area contributed by atoms with E-state index < -0.39 is 0 Å². The van der Waals surface area contributed by atoms with Crippen LogP contribution < -0.4 is 10.2 Å². The molecule has 5 nitrogen and oxygen atoms in total. The molecule has 96 valence electrons. The molecule has 0 aliphatic heterocycles. The zero-order valence-corrected chi connectivity index (χ0v) is 12.4. The SMILES string of the molecule is CC(C)c1nc(Br)cc(NCc2csc(=O)[nH]2)n1. The number of halogens is 1. The van der Waals surface area contributed by atoms with Crippen LogP contribution in [0.5, 0.6) is 0 Å². The van der Waals surface area contributed by atoms with Gasteiger partial charge in [-0.15, -0.1) is 0 Å². The number of hydrogen-bond donors (Lipinski definition) is 2. The van der Waals surface area contributed by atoms with Gasteiger partial charge in [-0.05, 0) is 15.9 Å². The van der Waals surface area contributed by atoms with Crippen molar-refractivity contribution in [3.63, 3.8) is 0 Å². The quantitative estimate of drug-likeness (QED) is 0.846. The third-order valence-corrected chi connectivity index (χ3v) is 3.38. The normalized spacial score (nSPS) is 10.9. The van der Waals surface area contributed by atoms with Crippen molar-refractivity contribution in [1.29, 1.82) is 0 Å². The third-order valence-electron chi connectivity index (χ3n) is 2.26. The van der Waals surface area contributed by atoms with Gasteiger partial charge in [0, 0.05) is 23.1 Å². The molecule has 0 spiro atoms. The summed E-state index contributed by atoms with van der Waals surface area (Å²) in [7, 11) is 0. The molecule has 2 rings (SSSR count). The topological polar surface area (TPSA) is 70.7 Å². The molecule has 0 aliphatic carbocycles. The van der Waals surface area contributed by atoms with Crippen molar-refractivity contribution in [3.05, 3.63) is 37.2 Å². The Morgan fingerprint density at radius 1 is 1.50 bits per heavy atom. The molecule has 0 saturated carbocycles. The summed E-state index contributed by atoms with van der Waals surface area (Å²) >= 11 is 4.52. The van der Waals surface area contributed by atoms with Crippen LogP contribution in [-0.2, 0) is 6.54 Å². The molecule has 2 aromatic rings. The summed E-state index contributed by atoms with van der Waals surface area (Å²) in [6, 6.07) is 1.82. The van der Waals surface area contributed by atoms with E-state index in [2.05, 4.69) is 36.2 Å². The second kappa shape index (κ2) is 5.62. The standard InChI is InChI=1S/C11H13BrN4OS/c1-6(2)10-15-8(12)3-9(16-10)13-4-7-5-18-11(17)14-7/h3,5-6H,4H2,1-2H3,(H,14,17)(H,13,15,16). The van der Waals surface area contributed by atoms with Crippen LogP contribution in [0.2, 0.25) is 0 Å². The first-order valence-electron chi connectivity index (χ1n) is 5.49. The van der Waals surface area contributed by atoms with E-state index in [-0.39, 0.29) is 10.8 Å². The first-order valence-corrected chi connectivity index (χ1v) is 7.17. The number of nitrogens with zero attached hydrogens (tertiary/aromatic N) is 2. The Morgan fingerprint density at radius 3 is 2.89 bits per heavy atom. The van der Waals surface area contributed by atoms with Crippen LogP contribution in [0, 0.1) is 0 Å². The molecule has 0 saturated heterocycles. The Labute approximate surface area is 117 Å². The van der Waals surface area contributed by atoms with E-state index in [0.29, 0.717) is 6.54 Å². The van der Waals surface area contributed by atoms with Crippen LogP contribution >= 0.6 is 27.3 Å². The average molecular weight is 329 g/mol. The highest BCUT2D eigenvalue weighted by Crippen LogP contribution is 2.17. The first-order chi connectivity index (χ1) is 8.54. The number of aromatic amines is 1. The molecular formula is C11H13BrN4OS. The number of H-pyrrole nitrogens is 1. The zero-order valence-electron chi connectivity index (χ0n) is 10.0. The molecule has 0 bridgehead atoms. The van der Waals surface area contributed by atoms with Gasteiger partial charge in [-0.3, -0.25) is 4.79 Å². The molecule has 2 heterocycles. The molecule has 0 radical (unpaired) electrons. The number of rotatable bonds is 4. The minimum Gasteiger partial charge on any atom is -0.364 e. The molecule has 0 amide bonds. The van der Waals surface area contributed by atoms with Gasteiger partial charge in [0.05, 0.1) is 6.54 Å². The fourth-order valence-electron chi connectivity index (χ4n) is 1.37. The molecule has 0 fully saturated rings. The predicted molar refractivity (Wildman–Crippen MR) is 76.1 cm³/mol. The molecule has 18 heavy (non-hydrogen) atoms. The summed E-state index contributed by atoms with van der Waals surface area (Å²) in [6.07, 6.45) is 0. The lowest BCUT2D eigenvalue weighted by Crippen LogP contribution is -2.07. The maximum Gasteiger partial charge on any atom is 0.304 e. The van der Waals surface area contributed by atoms with E-state index in [0.717, 1.165) is 33.3 Å². The molecule has 2 aromatic heterocycles. The van der Waals surface area contributed by atoms with Gasteiger partial charge in [0.2, 0.25) is 0 Å². The molecule has 0 aliphatic rings. The van der Waals surface area contributed by atoms with E-state index in [1.54, 1.807) is 5.38 Å². The molecule has 0 unspecified atom stereocenters. The van der Waals surface area contributed by atoms with E-state index in [4.69, 9.17) is 0 Å². The van der Waals surface area contributed by atoms with E-state index >= 15 is 0 Å². The van der Waals surface area contributed by atoms with Gasteiger partial charge in [0.25, 0.3) is 0 Å². The van der Waals surface area contributed by atoms with E-state index in [9.17, 15) is 4.79 Å². The lowest BCUT2D eigenvalue weighted by Gasteiger charge is -2.08. The van der Waals surface area contributed by atoms with Gasteiger partial charge in [0.1, 0.15) is 16.2 Å². The van der Waals surface area contributed by atoms with Crippen molar-refractivity contribution in [1.82, 2.24) is 15.0 Å². The number of thiazole rings is 1. The highest BCUT2D eigenvalue weighted by Gasteiger charge is 2.07. The second-order valence-electron chi connectivity index (χ2n) is 4.12. The van der Waals surface area contributed by atoms with Gasteiger partial charge in [-0.1, -0.05) is 25.2 Å². The lowest BCUT2D eigenvalue weighted by atomic mass is 10.2. The third kappa shape index (κ3) is 3.39. The Balaban J connectivity index is 2.11. The Kier molecular flexibility index (Phi) is 4.13. The van der Waals surface area contributed by atoms with Crippen molar-refractivity contribution in [3.8, 4) is 0 Å². The summed E-state index contributed by atoms with van der Waals surface area (Å²) in [4.78, 5) is 22.4. The van der Waals surface area contributed by atoms with Crippen molar-refractivity contribution in [2.45, 2.75) is 26.3 Å². The van der Waals surface area contributed by atoms with Crippen molar-refractivity contribution in [2.24, 2.45) is 0 Å². The molecular weight excluding hydrogens is 316 g/mol. The van der Waals surface area contributed by atoms with Crippen LogP contribution in [0.25, 0.3) is 0 Å². The second-order valence-corrected chi connectivity index (χ2v) is 5.77. The fourth-order valence-corrected chi connectivity index (χ4v) is 2.35. The summed E-state index contributed by atoms with van der Waals surface area (Å²) in [6.45, 7) is 4.63. The van der Waals surface area contributed by atoms with Gasteiger partial charge in [0.15, 0.2) is 0 Å². The van der Waals surface area contributed by atoms with Gasteiger partial charge >= 0.3 is 4.87 Å². The maximum atomic E-state index is 11.0. The van der Waals surface area contributed by atoms with Gasteiger partial charge < -0.3 is 10.3 Å². The van der Waals surface area contributed by atoms with Crippen LogP contribution in [-0.4, -0.2) is 15.0 Å². The van der Waals surface area contributed by atoms with E-state index in [1.807, 2.05) is 19.9 Å². The lowest BCUT2D eigenvalue weighted by molar-refractivity contribution is 0.769. The fraction of sp³-hybridized carbons (Fsp3) is 0.364. The zero-order chi connectivity index (χ0) is 13.1. The molecule has 2 N–H and O–H groups in total. The molecule has 7 heteroatoms. The minimum absolute atomic E-state index is 0.0430. The largest absolute Gasteiger partial charge is 0.364 e. The highest BCUT2D eigenvalue weighted by molar-refractivity contribution is 9.10. The van der Waals surface area contributed by atoms with Crippen molar-refractivity contribution in [2.75, 3.05) is 5.32 Å². The van der Waals surface area contributed by atoms with Gasteiger partial charge in [-0.2, -0.15) is 0 Å². The summed E-state index contributed by atoms with van der Waals surface area (Å²) in [5.41, 5.74) is 0.853. The summed E-state index contributed by atoms with van der Waals surface area (Å²) in [5, 5.41) is 4.97. The van der Waals surface area contributed by atoms with Crippen LogP contribution in [0.1, 0.15) is 31.3 Å². The smallest absolute Gasteiger partial charge is 0.304 e. The van der Waals surface area contributed by atoms with Crippen LogP contribution in [0.3, 0.4) is 0 Å². The van der Waals surface area contributed by atoms with E-state index in [1.165, 1.54) is 0 Å². The Bertz CT molecular complexity index is 593. The Morgan fingerprint density at radius 2 is 2.28 bits per heavy atom. The monoisotopic (exact) mass is 328 g/mol. The number of nitrogens with one attached hydrogen (secondary N) is 2. The van der Waals surface area contributed by atoms with Crippen LogP contribution in [0.15, 0.2) is 20.8 Å². The maximum absolute atomic E-state index is 11.0. The average Bonchev–Trinajstić information content (AvgIpc) is 2.72. The molecule has 0 aromatic carbocycles. The summed E-state index contributed by atoms with van der Waals surface area (Å²) < 4.78 is 0.752. The van der Waals surface area contributed by atoms with Crippen LogP contribution in [0.4, 0.5) is 5.82 Å².